The smallest absolute Gasteiger partial charge is 0.0304 e. The third-order valence-corrected chi connectivity index (χ3v) is 5.37. The quantitative estimate of drug-likeness (QED) is 0.881. The fourth-order valence-corrected chi connectivity index (χ4v) is 3.41. The number of hydrogen-bond acceptors (Lipinski definition) is 3. The highest BCUT2D eigenvalue weighted by Gasteiger charge is 2.35. The van der Waals surface area contributed by atoms with Gasteiger partial charge in [0.1, 0.15) is 0 Å². The Kier molecular flexibility index (Phi) is 4.82. The lowest BCUT2D eigenvalue weighted by Gasteiger charge is -2.48. The van der Waals surface area contributed by atoms with Crippen molar-refractivity contribution in [3.8, 4) is 0 Å². The van der Waals surface area contributed by atoms with Gasteiger partial charge in [-0.2, -0.15) is 0 Å². The summed E-state index contributed by atoms with van der Waals surface area (Å²) in [5.41, 5.74) is 0.336. The van der Waals surface area contributed by atoms with Gasteiger partial charge in [-0.05, 0) is 37.6 Å². The van der Waals surface area contributed by atoms with Crippen LogP contribution in [0.2, 0.25) is 0 Å². The predicted octanol–water partition coefficient (Wildman–Crippen LogP) is 3.14. The van der Waals surface area contributed by atoms with Crippen molar-refractivity contribution < 1.29 is 0 Å². The molecule has 1 aliphatic heterocycles. The molecule has 3 heteroatoms. The van der Waals surface area contributed by atoms with Gasteiger partial charge in [-0.1, -0.05) is 19.9 Å². The molecule has 2 unspecified atom stereocenters. The average molecular weight is 266 g/mol. The Bertz CT molecular complexity index is 349. The highest BCUT2D eigenvalue weighted by molar-refractivity contribution is 7.09. The van der Waals surface area contributed by atoms with Crippen LogP contribution in [0.3, 0.4) is 0 Å². The molecule has 0 saturated carbocycles. The van der Waals surface area contributed by atoms with Crippen LogP contribution < -0.4 is 5.32 Å². The first-order valence-electron chi connectivity index (χ1n) is 7.18. The predicted molar refractivity (Wildman–Crippen MR) is 80.4 cm³/mol. The summed E-state index contributed by atoms with van der Waals surface area (Å²) in [4.78, 5) is 4.22. The molecule has 2 heterocycles. The molecule has 1 N–H and O–H groups in total. The number of nitrogens with zero attached hydrogens (tertiary/aromatic N) is 1. The summed E-state index contributed by atoms with van der Waals surface area (Å²) < 4.78 is 0. The first kappa shape index (κ1) is 14.0. The van der Waals surface area contributed by atoms with Crippen molar-refractivity contribution in [2.45, 2.75) is 51.6 Å². The van der Waals surface area contributed by atoms with Crippen LogP contribution in [0, 0.1) is 0 Å². The minimum absolute atomic E-state index is 0.336. The van der Waals surface area contributed by atoms with E-state index in [9.17, 15) is 0 Å². The Morgan fingerprint density at radius 1 is 1.50 bits per heavy atom. The zero-order chi connectivity index (χ0) is 13.0. The van der Waals surface area contributed by atoms with Crippen LogP contribution in [0.25, 0.3) is 0 Å². The van der Waals surface area contributed by atoms with Crippen LogP contribution in [-0.4, -0.2) is 36.1 Å². The van der Waals surface area contributed by atoms with Crippen LogP contribution in [0.4, 0.5) is 0 Å². The molecule has 102 valence electrons. The standard InChI is InChI=1S/C15H26N2S/c1-4-13-11-17(15(3,5-2)12-16-13)9-8-14-7-6-10-18-14/h6-7,10,13,16H,4-5,8-9,11-12H2,1-3H3. The highest BCUT2D eigenvalue weighted by Crippen LogP contribution is 2.24. The summed E-state index contributed by atoms with van der Waals surface area (Å²) in [5, 5.41) is 5.88. The molecule has 1 saturated heterocycles. The summed E-state index contributed by atoms with van der Waals surface area (Å²) in [6.07, 6.45) is 3.65. The second-order valence-corrected chi connectivity index (χ2v) is 6.64. The number of piperazine rings is 1. The number of rotatable bonds is 5. The molecule has 2 atom stereocenters. The molecule has 1 aromatic heterocycles. The molecule has 0 aromatic carbocycles. The van der Waals surface area contributed by atoms with Crippen LogP contribution >= 0.6 is 11.3 Å². The van der Waals surface area contributed by atoms with Crippen molar-refractivity contribution in [3.63, 3.8) is 0 Å². The minimum Gasteiger partial charge on any atom is -0.311 e. The summed E-state index contributed by atoms with van der Waals surface area (Å²) in [7, 11) is 0. The maximum Gasteiger partial charge on any atom is 0.0304 e. The van der Waals surface area contributed by atoms with Crippen molar-refractivity contribution in [3.05, 3.63) is 22.4 Å². The summed E-state index contributed by atoms with van der Waals surface area (Å²) in [5.74, 6) is 0. The Balaban J connectivity index is 1.96. The highest BCUT2D eigenvalue weighted by atomic mass is 32.1. The number of thiophene rings is 1. The van der Waals surface area contributed by atoms with E-state index in [0.717, 1.165) is 6.54 Å². The third-order valence-electron chi connectivity index (χ3n) is 4.44. The van der Waals surface area contributed by atoms with Crippen LogP contribution in [-0.2, 0) is 6.42 Å². The van der Waals surface area contributed by atoms with Crippen LogP contribution in [0.1, 0.15) is 38.5 Å². The Morgan fingerprint density at radius 2 is 2.33 bits per heavy atom. The van der Waals surface area contributed by atoms with Crippen LogP contribution in [0.5, 0.6) is 0 Å². The molecule has 1 aliphatic rings. The van der Waals surface area contributed by atoms with E-state index in [-0.39, 0.29) is 0 Å². The molecular weight excluding hydrogens is 240 g/mol. The van der Waals surface area contributed by atoms with Gasteiger partial charge in [0.05, 0.1) is 0 Å². The summed E-state index contributed by atoms with van der Waals surface area (Å²) in [6.45, 7) is 10.5. The first-order chi connectivity index (χ1) is 8.68. The van der Waals surface area contributed by atoms with Crippen molar-refractivity contribution in [1.29, 1.82) is 0 Å². The van der Waals surface area contributed by atoms with E-state index in [0.29, 0.717) is 11.6 Å². The van der Waals surface area contributed by atoms with Gasteiger partial charge in [-0.15, -0.1) is 11.3 Å². The normalized spacial score (nSPS) is 29.6. The zero-order valence-corrected chi connectivity index (χ0v) is 12.7. The van der Waals surface area contributed by atoms with Gasteiger partial charge in [0.25, 0.3) is 0 Å². The molecule has 1 aromatic rings. The molecule has 0 radical (unpaired) electrons. The fourth-order valence-electron chi connectivity index (χ4n) is 2.71. The average Bonchev–Trinajstić information content (AvgIpc) is 2.91. The molecule has 18 heavy (non-hydrogen) atoms. The zero-order valence-electron chi connectivity index (χ0n) is 11.9. The Morgan fingerprint density at radius 3 is 2.94 bits per heavy atom. The van der Waals surface area contributed by atoms with E-state index >= 15 is 0 Å². The van der Waals surface area contributed by atoms with Gasteiger partial charge >= 0.3 is 0 Å². The molecule has 2 rings (SSSR count). The Labute approximate surface area is 115 Å². The molecule has 1 fully saturated rings. The molecule has 2 nitrogen and oxygen atoms in total. The lowest BCUT2D eigenvalue weighted by Crippen LogP contribution is -2.63. The first-order valence-corrected chi connectivity index (χ1v) is 8.06. The summed E-state index contributed by atoms with van der Waals surface area (Å²) >= 11 is 1.88. The molecule has 0 spiro atoms. The minimum atomic E-state index is 0.336. The van der Waals surface area contributed by atoms with Gasteiger partial charge in [0, 0.05) is 36.1 Å². The van der Waals surface area contributed by atoms with Crippen molar-refractivity contribution in [2.24, 2.45) is 0 Å². The number of nitrogens with one attached hydrogen (secondary N) is 1. The van der Waals surface area contributed by atoms with Gasteiger partial charge in [-0.25, -0.2) is 0 Å². The maximum atomic E-state index is 3.69. The Hall–Kier alpha value is -0.380. The van der Waals surface area contributed by atoms with E-state index < -0.39 is 0 Å². The SMILES string of the molecule is CCC1CN(CCc2cccs2)C(C)(CC)CN1. The lowest BCUT2D eigenvalue weighted by molar-refractivity contribution is 0.0494. The van der Waals surface area contributed by atoms with Crippen molar-refractivity contribution >= 4 is 11.3 Å². The topological polar surface area (TPSA) is 15.3 Å². The van der Waals surface area contributed by atoms with Gasteiger partial charge in [0.2, 0.25) is 0 Å². The molecule has 0 amide bonds. The van der Waals surface area contributed by atoms with Crippen molar-refractivity contribution in [2.75, 3.05) is 19.6 Å². The second kappa shape index (κ2) is 6.18. The maximum absolute atomic E-state index is 3.69. The van der Waals surface area contributed by atoms with E-state index in [1.165, 1.54) is 37.2 Å². The van der Waals surface area contributed by atoms with Gasteiger partial charge < -0.3 is 5.32 Å². The van der Waals surface area contributed by atoms with E-state index in [1.807, 2.05) is 11.3 Å². The monoisotopic (exact) mass is 266 g/mol. The number of hydrogen-bond donors (Lipinski definition) is 1. The van der Waals surface area contributed by atoms with Crippen LogP contribution in [0.15, 0.2) is 17.5 Å². The largest absolute Gasteiger partial charge is 0.311 e. The molecule has 0 aliphatic carbocycles. The van der Waals surface area contributed by atoms with E-state index in [2.05, 4.69) is 48.5 Å². The fraction of sp³-hybridized carbons (Fsp3) is 0.733. The lowest BCUT2D eigenvalue weighted by atomic mass is 9.91. The molecule has 0 bridgehead atoms. The summed E-state index contributed by atoms with van der Waals surface area (Å²) in [6, 6.07) is 5.09. The van der Waals surface area contributed by atoms with E-state index in [1.54, 1.807) is 0 Å². The van der Waals surface area contributed by atoms with Gasteiger partial charge in [0.15, 0.2) is 0 Å². The second-order valence-electron chi connectivity index (χ2n) is 5.61. The molecular formula is C15H26N2S. The third kappa shape index (κ3) is 3.14. The van der Waals surface area contributed by atoms with E-state index in [4.69, 9.17) is 0 Å². The van der Waals surface area contributed by atoms with Gasteiger partial charge in [-0.3, -0.25) is 4.90 Å². The van der Waals surface area contributed by atoms with Crippen molar-refractivity contribution in [1.82, 2.24) is 10.2 Å².